The van der Waals surface area contributed by atoms with Gasteiger partial charge < -0.3 is 10.1 Å². The van der Waals surface area contributed by atoms with Gasteiger partial charge in [0.1, 0.15) is 0 Å². The molecule has 1 aliphatic heterocycles. The summed E-state index contributed by atoms with van der Waals surface area (Å²) in [6, 6.07) is 0. The minimum absolute atomic E-state index is 0.913. The fourth-order valence-corrected chi connectivity index (χ4v) is 2.06. The maximum atomic E-state index is 5.43. The Labute approximate surface area is 101 Å². The average Bonchev–Trinajstić information content (AvgIpc) is 2.56. The lowest BCUT2D eigenvalue weighted by Crippen LogP contribution is -2.34. The molecule has 0 aliphatic carbocycles. The molecule has 0 amide bonds. The zero-order valence-electron chi connectivity index (χ0n) is 10.8. The van der Waals surface area contributed by atoms with E-state index in [1.165, 1.54) is 51.7 Å². The lowest BCUT2D eigenvalue weighted by Gasteiger charge is -2.18. The summed E-state index contributed by atoms with van der Waals surface area (Å²) in [5, 5.41) is 3.53. The van der Waals surface area contributed by atoms with E-state index in [0.717, 1.165) is 26.3 Å². The zero-order valence-corrected chi connectivity index (χ0v) is 10.8. The summed E-state index contributed by atoms with van der Waals surface area (Å²) < 4.78 is 5.43. The van der Waals surface area contributed by atoms with Gasteiger partial charge in [0.05, 0.1) is 6.61 Å². The molecular formula is C13H28N2O. The van der Waals surface area contributed by atoms with Crippen LogP contribution in [0.4, 0.5) is 0 Å². The first kappa shape index (κ1) is 13.9. The van der Waals surface area contributed by atoms with Crippen molar-refractivity contribution in [3.05, 3.63) is 0 Å². The zero-order chi connectivity index (χ0) is 11.5. The Hall–Kier alpha value is -0.120. The van der Waals surface area contributed by atoms with Gasteiger partial charge in [-0.25, -0.2) is 0 Å². The highest BCUT2D eigenvalue weighted by molar-refractivity contribution is 4.62. The summed E-state index contributed by atoms with van der Waals surface area (Å²) >= 11 is 0. The van der Waals surface area contributed by atoms with E-state index in [-0.39, 0.29) is 0 Å². The highest BCUT2D eigenvalue weighted by Gasteiger charge is 2.07. The summed E-state index contributed by atoms with van der Waals surface area (Å²) in [5.41, 5.74) is 0. The van der Waals surface area contributed by atoms with Crippen molar-refractivity contribution in [2.75, 3.05) is 45.9 Å². The Balaban J connectivity index is 1.86. The van der Waals surface area contributed by atoms with E-state index in [0.29, 0.717) is 0 Å². The summed E-state index contributed by atoms with van der Waals surface area (Å²) in [4.78, 5) is 2.51. The molecule has 1 rings (SSSR count). The Morgan fingerprint density at radius 1 is 1.06 bits per heavy atom. The molecule has 0 aromatic carbocycles. The molecule has 1 heterocycles. The fourth-order valence-electron chi connectivity index (χ4n) is 2.06. The van der Waals surface area contributed by atoms with Crippen LogP contribution in [0.5, 0.6) is 0 Å². The molecule has 0 aromatic heterocycles. The smallest absolute Gasteiger partial charge is 0.0593 e. The first-order valence-corrected chi connectivity index (χ1v) is 6.94. The molecule has 1 saturated heterocycles. The number of ether oxygens (including phenoxy) is 1. The van der Waals surface area contributed by atoms with Gasteiger partial charge in [-0.2, -0.15) is 0 Å². The second-order valence-corrected chi connectivity index (χ2v) is 4.62. The van der Waals surface area contributed by atoms with E-state index >= 15 is 0 Å². The van der Waals surface area contributed by atoms with Gasteiger partial charge in [0.2, 0.25) is 0 Å². The molecule has 0 aromatic rings. The number of hydrogen-bond donors (Lipinski definition) is 1. The van der Waals surface area contributed by atoms with Gasteiger partial charge in [-0.05, 0) is 19.4 Å². The van der Waals surface area contributed by atoms with Gasteiger partial charge in [0.25, 0.3) is 0 Å². The van der Waals surface area contributed by atoms with Crippen LogP contribution in [0, 0.1) is 0 Å². The van der Waals surface area contributed by atoms with Crippen LogP contribution in [-0.2, 0) is 4.74 Å². The predicted molar refractivity (Wildman–Crippen MR) is 68.9 cm³/mol. The van der Waals surface area contributed by atoms with Crippen molar-refractivity contribution in [1.29, 1.82) is 0 Å². The van der Waals surface area contributed by atoms with Crippen LogP contribution >= 0.6 is 0 Å². The third kappa shape index (κ3) is 7.20. The van der Waals surface area contributed by atoms with Crippen molar-refractivity contribution in [2.45, 2.75) is 39.0 Å². The molecule has 0 atom stereocenters. The third-order valence-corrected chi connectivity index (χ3v) is 3.13. The molecule has 1 N–H and O–H groups in total. The van der Waals surface area contributed by atoms with Crippen molar-refractivity contribution in [3.8, 4) is 0 Å². The van der Waals surface area contributed by atoms with Crippen molar-refractivity contribution < 1.29 is 4.74 Å². The Kier molecular flexibility index (Phi) is 8.77. The lowest BCUT2D eigenvalue weighted by atomic mass is 10.2. The molecule has 0 saturated carbocycles. The standard InChI is InChI=1S/C13H28N2O/c1-2-3-4-5-7-14-8-10-15-9-6-12-16-13-11-15/h14H,2-13H2,1H3. The van der Waals surface area contributed by atoms with Crippen molar-refractivity contribution in [2.24, 2.45) is 0 Å². The second-order valence-electron chi connectivity index (χ2n) is 4.62. The largest absolute Gasteiger partial charge is 0.380 e. The molecule has 3 nitrogen and oxygen atoms in total. The van der Waals surface area contributed by atoms with E-state index in [2.05, 4.69) is 17.1 Å². The van der Waals surface area contributed by atoms with E-state index in [4.69, 9.17) is 4.74 Å². The summed E-state index contributed by atoms with van der Waals surface area (Å²) in [6.45, 7) is 9.93. The molecule has 96 valence electrons. The van der Waals surface area contributed by atoms with E-state index in [1.807, 2.05) is 0 Å². The molecule has 0 unspecified atom stereocenters. The Morgan fingerprint density at radius 2 is 2.00 bits per heavy atom. The van der Waals surface area contributed by atoms with E-state index in [1.54, 1.807) is 0 Å². The maximum Gasteiger partial charge on any atom is 0.0593 e. The van der Waals surface area contributed by atoms with E-state index in [9.17, 15) is 0 Å². The number of nitrogens with one attached hydrogen (secondary N) is 1. The van der Waals surface area contributed by atoms with Gasteiger partial charge in [-0.15, -0.1) is 0 Å². The van der Waals surface area contributed by atoms with Crippen LogP contribution in [-0.4, -0.2) is 50.8 Å². The maximum absolute atomic E-state index is 5.43. The van der Waals surface area contributed by atoms with Crippen LogP contribution in [0.15, 0.2) is 0 Å². The lowest BCUT2D eigenvalue weighted by molar-refractivity contribution is 0.141. The van der Waals surface area contributed by atoms with E-state index < -0.39 is 0 Å². The molecular weight excluding hydrogens is 200 g/mol. The highest BCUT2D eigenvalue weighted by Crippen LogP contribution is 1.98. The van der Waals surface area contributed by atoms with Crippen LogP contribution in [0.3, 0.4) is 0 Å². The Morgan fingerprint density at radius 3 is 2.88 bits per heavy atom. The van der Waals surface area contributed by atoms with Crippen LogP contribution in [0.25, 0.3) is 0 Å². The third-order valence-electron chi connectivity index (χ3n) is 3.13. The van der Waals surface area contributed by atoms with Crippen LogP contribution < -0.4 is 5.32 Å². The highest BCUT2D eigenvalue weighted by atomic mass is 16.5. The molecule has 0 radical (unpaired) electrons. The topological polar surface area (TPSA) is 24.5 Å². The monoisotopic (exact) mass is 228 g/mol. The quantitative estimate of drug-likeness (QED) is 0.642. The Bertz CT molecular complexity index is 145. The van der Waals surface area contributed by atoms with Crippen LogP contribution in [0.2, 0.25) is 0 Å². The van der Waals surface area contributed by atoms with Crippen LogP contribution in [0.1, 0.15) is 39.0 Å². The molecule has 16 heavy (non-hydrogen) atoms. The average molecular weight is 228 g/mol. The summed E-state index contributed by atoms with van der Waals surface area (Å²) in [6.07, 6.45) is 6.60. The fraction of sp³-hybridized carbons (Fsp3) is 1.00. The van der Waals surface area contributed by atoms with Gasteiger partial charge in [-0.3, -0.25) is 4.90 Å². The summed E-state index contributed by atoms with van der Waals surface area (Å²) in [7, 11) is 0. The first-order valence-electron chi connectivity index (χ1n) is 6.94. The minimum atomic E-state index is 0.913. The SMILES string of the molecule is CCCCCCNCCN1CCCOCC1. The first-order chi connectivity index (χ1) is 7.93. The number of nitrogens with zero attached hydrogens (tertiary/aromatic N) is 1. The number of unbranched alkanes of at least 4 members (excludes halogenated alkanes) is 3. The van der Waals surface area contributed by atoms with Gasteiger partial charge in [0.15, 0.2) is 0 Å². The normalized spacial score (nSPS) is 18.6. The van der Waals surface area contributed by atoms with Crippen molar-refractivity contribution >= 4 is 0 Å². The molecule has 3 heteroatoms. The van der Waals surface area contributed by atoms with Gasteiger partial charge in [0, 0.05) is 32.8 Å². The molecule has 0 bridgehead atoms. The van der Waals surface area contributed by atoms with Crippen molar-refractivity contribution in [3.63, 3.8) is 0 Å². The van der Waals surface area contributed by atoms with Gasteiger partial charge >= 0.3 is 0 Å². The number of hydrogen-bond acceptors (Lipinski definition) is 3. The molecule has 0 spiro atoms. The van der Waals surface area contributed by atoms with Crippen molar-refractivity contribution in [1.82, 2.24) is 10.2 Å². The van der Waals surface area contributed by atoms with Gasteiger partial charge in [-0.1, -0.05) is 26.2 Å². The molecule has 1 aliphatic rings. The molecule has 1 fully saturated rings. The summed E-state index contributed by atoms with van der Waals surface area (Å²) in [5.74, 6) is 0. The number of rotatable bonds is 8. The predicted octanol–water partition coefficient (Wildman–Crippen LogP) is 1.88. The second kappa shape index (κ2) is 10.1. The minimum Gasteiger partial charge on any atom is -0.380 e.